The average Bonchev–Trinajstić information content (AvgIpc) is 3.01. The van der Waals surface area contributed by atoms with Gasteiger partial charge in [-0.3, -0.25) is 9.97 Å². The van der Waals surface area contributed by atoms with Gasteiger partial charge >= 0.3 is 0 Å². The molecular weight excluding hydrogens is 304 g/mol. The first-order valence-corrected chi connectivity index (χ1v) is 8.44. The summed E-state index contributed by atoms with van der Waals surface area (Å²) in [4.78, 5) is 9.13. The van der Waals surface area contributed by atoms with Crippen molar-refractivity contribution in [2.75, 3.05) is 0 Å². The zero-order valence-corrected chi connectivity index (χ0v) is 13.6. The summed E-state index contributed by atoms with van der Waals surface area (Å²) in [5.41, 5.74) is 6.82. The molecule has 0 radical (unpaired) electrons. The number of nitrogens with zero attached hydrogens (tertiary/aromatic N) is 2. The van der Waals surface area contributed by atoms with Crippen LogP contribution in [0.1, 0.15) is 22.4 Å². The van der Waals surface area contributed by atoms with Crippen LogP contribution in [0, 0.1) is 0 Å². The fourth-order valence-corrected chi connectivity index (χ4v) is 4.15. The Morgan fingerprint density at radius 1 is 0.600 bits per heavy atom. The summed E-state index contributed by atoms with van der Waals surface area (Å²) in [6.07, 6.45) is 5.41. The molecule has 2 heteroatoms. The zero-order valence-electron chi connectivity index (χ0n) is 13.6. The summed E-state index contributed by atoms with van der Waals surface area (Å²) < 4.78 is 0. The average molecular weight is 320 g/mol. The Kier molecular flexibility index (Phi) is 3.04. The van der Waals surface area contributed by atoms with Gasteiger partial charge in [0.25, 0.3) is 0 Å². The van der Waals surface area contributed by atoms with Crippen LogP contribution >= 0.6 is 0 Å². The van der Waals surface area contributed by atoms with Crippen LogP contribution in [0.15, 0.2) is 97.5 Å². The van der Waals surface area contributed by atoms with E-state index in [9.17, 15) is 0 Å². The predicted molar refractivity (Wildman–Crippen MR) is 99.3 cm³/mol. The molecule has 0 fully saturated rings. The normalized spacial score (nSPS) is 13.9. The highest BCUT2D eigenvalue weighted by molar-refractivity contribution is 5.85. The molecule has 118 valence electrons. The van der Waals surface area contributed by atoms with E-state index in [1.54, 1.807) is 12.4 Å². The van der Waals surface area contributed by atoms with Crippen molar-refractivity contribution in [2.45, 2.75) is 5.41 Å². The van der Waals surface area contributed by atoms with Crippen LogP contribution in [0.5, 0.6) is 0 Å². The van der Waals surface area contributed by atoms with E-state index >= 15 is 0 Å². The van der Waals surface area contributed by atoms with Crippen LogP contribution in [-0.2, 0) is 5.41 Å². The Morgan fingerprint density at radius 3 is 1.80 bits per heavy atom. The maximum absolute atomic E-state index is 4.74. The van der Waals surface area contributed by atoms with E-state index < -0.39 is 5.41 Å². The molecule has 1 aliphatic carbocycles. The fourth-order valence-electron chi connectivity index (χ4n) is 4.15. The van der Waals surface area contributed by atoms with Crippen molar-refractivity contribution in [1.29, 1.82) is 0 Å². The minimum Gasteiger partial charge on any atom is -0.261 e. The van der Waals surface area contributed by atoms with E-state index in [0.29, 0.717) is 0 Å². The summed E-state index contributed by atoms with van der Waals surface area (Å²) in [6, 6.07) is 27.9. The minimum absolute atomic E-state index is 0.428. The summed E-state index contributed by atoms with van der Waals surface area (Å²) in [5, 5.41) is 0. The fraction of sp³-hybridized carbons (Fsp3) is 0.0435. The highest BCUT2D eigenvalue weighted by Gasteiger charge is 2.46. The van der Waals surface area contributed by atoms with Crippen LogP contribution < -0.4 is 0 Å². The molecule has 2 nitrogen and oxygen atoms in total. The van der Waals surface area contributed by atoms with E-state index in [4.69, 9.17) is 4.98 Å². The molecule has 0 spiro atoms. The lowest BCUT2D eigenvalue weighted by Gasteiger charge is -2.32. The molecule has 0 bridgehead atoms. The SMILES string of the molecule is c1ccc(C2(c3cnccn3)c3ccccc3-c3ccccc32)cc1. The van der Waals surface area contributed by atoms with Crippen molar-refractivity contribution in [2.24, 2.45) is 0 Å². The number of hydrogen-bond acceptors (Lipinski definition) is 2. The van der Waals surface area contributed by atoms with Crippen LogP contribution in [0.4, 0.5) is 0 Å². The Morgan fingerprint density at radius 2 is 1.20 bits per heavy atom. The Hall–Kier alpha value is -3.26. The highest BCUT2D eigenvalue weighted by atomic mass is 14.8. The highest BCUT2D eigenvalue weighted by Crippen LogP contribution is 2.55. The van der Waals surface area contributed by atoms with Crippen molar-refractivity contribution in [3.05, 3.63) is 120 Å². The molecule has 4 aromatic rings. The van der Waals surface area contributed by atoms with Gasteiger partial charge in [-0.25, -0.2) is 0 Å². The van der Waals surface area contributed by atoms with Gasteiger partial charge in [0.2, 0.25) is 0 Å². The van der Waals surface area contributed by atoms with Gasteiger partial charge in [-0.05, 0) is 27.8 Å². The van der Waals surface area contributed by atoms with Crippen LogP contribution in [0.3, 0.4) is 0 Å². The molecule has 0 unspecified atom stereocenters. The van der Waals surface area contributed by atoms with E-state index in [1.165, 1.54) is 27.8 Å². The van der Waals surface area contributed by atoms with Gasteiger partial charge in [-0.15, -0.1) is 0 Å². The molecule has 1 aromatic heterocycles. The molecule has 0 saturated carbocycles. The van der Waals surface area contributed by atoms with Crippen molar-refractivity contribution in [3.8, 4) is 11.1 Å². The minimum atomic E-state index is -0.428. The molecular formula is C23H16N2. The quantitative estimate of drug-likeness (QED) is 0.465. The second-order valence-electron chi connectivity index (χ2n) is 6.30. The van der Waals surface area contributed by atoms with Gasteiger partial charge in [0.05, 0.1) is 11.1 Å². The van der Waals surface area contributed by atoms with Crippen LogP contribution in [-0.4, -0.2) is 9.97 Å². The van der Waals surface area contributed by atoms with E-state index in [2.05, 4.69) is 83.8 Å². The lowest BCUT2D eigenvalue weighted by Crippen LogP contribution is -2.29. The second-order valence-corrected chi connectivity index (χ2v) is 6.30. The third kappa shape index (κ3) is 1.85. The topological polar surface area (TPSA) is 25.8 Å². The molecule has 0 amide bonds. The van der Waals surface area contributed by atoms with Crippen molar-refractivity contribution >= 4 is 0 Å². The first kappa shape index (κ1) is 14.1. The van der Waals surface area contributed by atoms with E-state index in [-0.39, 0.29) is 0 Å². The lowest BCUT2D eigenvalue weighted by molar-refractivity contribution is 0.727. The molecule has 1 aliphatic rings. The summed E-state index contributed by atoms with van der Waals surface area (Å²) in [7, 11) is 0. The molecule has 0 aliphatic heterocycles. The predicted octanol–water partition coefficient (Wildman–Crippen LogP) is 4.84. The van der Waals surface area contributed by atoms with Gasteiger partial charge in [0, 0.05) is 18.6 Å². The van der Waals surface area contributed by atoms with Crippen molar-refractivity contribution in [1.82, 2.24) is 9.97 Å². The molecule has 0 atom stereocenters. The molecule has 3 aromatic carbocycles. The Balaban J connectivity index is 1.98. The molecule has 1 heterocycles. The third-order valence-electron chi connectivity index (χ3n) is 5.11. The van der Waals surface area contributed by atoms with Gasteiger partial charge in [0.1, 0.15) is 0 Å². The largest absolute Gasteiger partial charge is 0.261 e. The molecule has 5 rings (SSSR count). The molecule has 25 heavy (non-hydrogen) atoms. The molecule has 0 N–H and O–H groups in total. The molecule has 0 saturated heterocycles. The summed E-state index contributed by atoms with van der Waals surface area (Å²) in [6.45, 7) is 0. The number of aromatic nitrogens is 2. The first-order valence-electron chi connectivity index (χ1n) is 8.44. The zero-order chi connectivity index (χ0) is 16.7. The van der Waals surface area contributed by atoms with Gasteiger partial charge in [-0.1, -0.05) is 78.9 Å². The Bertz CT molecular complexity index is 953. The monoisotopic (exact) mass is 320 g/mol. The van der Waals surface area contributed by atoms with Crippen LogP contribution in [0.25, 0.3) is 11.1 Å². The van der Waals surface area contributed by atoms with Gasteiger partial charge in [-0.2, -0.15) is 0 Å². The Labute approximate surface area is 146 Å². The maximum Gasteiger partial charge on any atom is 0.0901 e. The summed E-state index contributed by atoms with van der Waals surface area (Å²) >= 11 is 0. The number of rotatable bonds is 2. The maximum atomic E-state index is 4.74. The van der Waals surface area contributed by atoms with Crippen molar-refractivity contribution < 1.29 is 0 Å². The lowest BCUT2D eigenvalue weighted by atomic mass is 9.70. The number of fused-ring (bicyclic) bond motifs is 3. The van der Waals surface area contributed by atoms with Gasteiger partial charge < -0.3 is 0 Å². The number of hydrogen-bond donors (Lipinski definition) is 0. The third-order valence-corrected chi connectivity index (χ3v) is 5.11. The summed E-state index contributed by atoms with van der Waals surface area (Å²) in [5.74, 6) is 0. The van der Waals surface area contributed by atoms with Gasteiger partial charge in [0.15, 0.2) is 0 Å². The smallest absolute Gasteiger partial charge is 0.0901 e. The standard InChI is InChI=1S/C23H16N2/c1-2-8-17(9-3-1)23(22-16-24-14-15-25-22)20-12-6-4-10-18(20)19-11-5-7-13-21(19)23/h1-16H. The first-order chi connectivity index (χ1) is 12.4. The van der Waals surface area contributed by atoms with E-state index in [0.717, 1.165) is 5.69 Å². The van der Waals surface area contributed by atoms with Crippen molar-refractivity contribution in [3.63, 3.8) is 0 Å². The second kappa shape index (κ2) is 5.38. The van der Waals surface area contributed by atoms with Crippen LogP contribution in [0.2, 0.25) is 0 Å². The number of benzene rings is 3. The van der Waals surface area contributed by atoms with E-state index in [1.807, 2.05) is 6.20 Å².